The van der Waals surface area contributed by atoms with E-state index in [0.29, 0.717) is 36.0 Å². The molecule has 1 aliphatic rings. The maximum atomic E-state index is 13.1. The first-order valence-corrected chi connectivity index (χ1v) is 11.2. The topological polar surface area (TPSA) is 106 Å². The van der Waals surface area contributed by atoms with Gasteiger partial charge in [0, 0.05) is 30.7 Å². The Kier molecular flexibility index (Phi) is 6.96. The molecule has 3 aromatic rings. The molecule has 1 aromatic heterocycles. The number of nitrogens with zero attached hydrogens (tertiary/aromatic N) is 2. The van der Waals surface area contributed by atoms with Gasteiger partial charge < -0.3 is 20.0 Å². The van der Waals surface area contributed by atoms with Crippen molar-refractivity contribution in [2.24, 2.45) is 0 Å². The van der Waals surface area contributed by atoms with E-state index in [1.165, 1.54) is 6.20 Å². The SMILES string of the molecule is CN1C(=O)c2ccccc2C(CC(=O)O)c2ccc(OCCCCNc3cccc[n+]3[O-])cc21. The van der Waals surface area contributed by atoms with Gasteiger partial charge in [-0.25, -0.2) is 4.73 Å². The molecule has 0 spiro atoms. The average molecular weight is 462 g/mol. The quantitative estimate of drug-likeness (QED) is 0.285. The monoisotopic (exact) mass is 461 g/mol. The number of pyridine rings is 1. The van der Waals surface area contributed by atoms with Crippen LogP contribution in [0.1, 0.15) is 46.7 Å². The molecule has 1 atom stereocenters. The Morgan fingerprint density at radius 2 is 1.91 bits per heavy atom. The number of hydrogen-bond acceptors (Lipinski definition) is 5. The van der Waals surface area contributed by atoms with Crippen LogP contribution < -0.4 is 19.7 Å². The molecule has 0 fully saturated rings. The molecule has 1 amide bonds. The van der Waals surface area contributed by atoms with E-state index >= 15 is 0 Å². The van der Waals surface area contributed by atoms with Crippen molar-refractivity contribution in [1.29, 1.82) is 0 Å². The molecule has 8 nitrogen and oxygen atoms in total. The predicted octanol–water partition coefficient (Wildman–Crippen LogP) is 3.79. The Labute approximate surface area is 198 Å². The molecule has 1 aliphatic heterocycles. The number of aromatic nitrogens is 1. The summed E-state index contributed by atoms with van der Waals surface area (Å²) in [6.07, 6.45) is 2.93. The molecular formula is C26H27N3O5. The summed E-state index contributed by atoms with van der Waals surface area (Å²) in [5.74, 6) is -0.399. The summed E-state index contributed by atoms with van der Waals surface area (Å²) in [6.45, 7) is 1.12. The number of carboxylic acid groups (broad SMARTS) is 1. The van der Waals surface area contributed by atoms with Gasteiger partial charge in [-0.2, -0.15) is 0 Å². The number of amides is 1. The van der Waals surface area contributed by atoms with Crippen molar-refractivity contribution in [2.75, 3.05) is 30.4 Å². The van der Waals surface area contributed by atoms with Gasteiger partial charge in [-0.05, 0) is 42.2 Å². The maximum absolute atomic E-state index is 13.1. The summed E-state index contributed by atoms with van der Waals surface area (Å²) in [5, 5.41) is 24.3. The fraction of sp³-hybridized carbons (Fsp3) is 0.269. The summed E-state index contributed by atoms with van der Waals surface area (Å²) in [6, 6.07) is 17.9. The first-order valence-electron chi connectivity index (χ1n) is 11.2. The number of nitrogens with one attached hydrogen (secondary N) is 1. The van der Waals surface area contributed by atoms with Crippen molar-refractivity contribution in [3.8, 4) is 5.75 Å². The third-order valence-electron chi connectivity index (χ3n) is 5.96. The zero-order chi connectivity index (χ0) is 24.1. The van der Waals surface area contributed by atoms with E-state index in [9.17, 15) is 19.9 Å². The third-order valence-corrected chi connectivity index (χ3v) is 5.96. The second-order valence-electron chi connectivity index (χ2n) is 8.22. The summed E-state index contributed by atoms with van der Waals surface area (Å²) in [7, 11) is 1.70. The van der Waals surface area contributed by atoms with Crippen molar-refractivity contribution in [3.05, 3.63) is 88.8 Å². The van der Waals surface area contributed by atoms with Crippen LogP contribution in [0.15, 0.2) is 66.9 Å². The highest BCUT2D eigenvalue weighted by molar-refractivity contribution is 6.08. The largest absolute Gasteiger partial charge is 0.711 e. The van der Waals surface area contributed by atoms with Gasteiger partial charge in [0.1, 0.15) is 5.75 Å². The highest BCUT2D eigenvalue weighted by Crippen LogP contribution is 2.41. The lowest BCUT2D eigenvalue weighted by atomic mass is 9.86. The van der Waals surface area contributed by atoms with E-state index in [4.69, 9.17) is 4.74 Å². The highest BCUT2D eigenvalue weighted by Gasteiger charge is 2.32. The van der Waals surface area contributed by atoms with Gasteiger partial charge in [0.2, 0.25) is 0 Å². The van der Waals surface area contributed by atoms with E-state index < -0.39 is 11.9 Å². The van der Waals surface area contributed by atoms with E-state index in [1.54, 1.807) is 48.3 Å². The smallest absolute Gasteiger partial charge is 0.304 e. The maximum Gasteiger partial charge on any atom is 0.304 e. The highest BCUT2D eigenvalue weighted by atomic mass is 16.5. The lowest BCUT2D eigenvalue weighted by molar-refractivity contribution is -0.590. The van der Waals surface area contributed by atoms with Crippen molar-refractivity contribution >= 4 is 23.4 Å². The van der Waals surface area contributed by atoms with Gasteiger partial charge in [-0.3, -0.25) is 14.9 Å². The number of anilines is 2. The number of rotatable bonds is 9. The van der Waals surface area contributed by atoms with E-state index in [1.807, 2.05) is 24.3 Å². The summed E-state index contributed by atoms with van der Waals surface area (Å²) in [4.78, 5) is 26.3. The first kappa shape index (κ1) is 23.1. The van der Waals surface area contributed by atoms with Crippen LogP contribution in [0.5, 0.6) is 5.75 Å². The lowest BCUT2D eigenvalue weighted by Crippen LogP contribution is -2.30. The molecule has 0 radical (unpaired) electrons. The van der Waals surface area contributed by atoms with Gasteiger partial charge in [-0.15, -0.1) is 0 Å². The third kappa shape index (κ3) is 4.96. The Morgan fingerprint density at radius 3 is 2.71 bits per heavy atom. The Hall–Kier alpha value is -4.07. The summed E-state index contributed by atoms with van der Waals surface area (Å²) >= 11 is 0. The number of unbranched alkanes of at least 4 members (excludes halogenated alkanes) is 1. The Bertz CT molecular complexity index is 1200. The molecule has 0 aliphatic carbocycles. The minimum Gasteiger partial charge on any atom is -0.711 e. The molecule has 4 rings (SSSR count). The zero-order valence-electron chi connectivity index (χ0n) is 18.9. The molecule has 2 aromatic carbocycles. The Morgan fingerprint density at radius 1 is 1.12 bits per heavy atom. The molecule has 2 heterocycles. The number of fused-ring (bicyclic) bond motifs is 2. The van der Waals surface area contributed by atoms with Crippen LogP contribution in [-0.4, -0.2) is 37.2 Å². The van der Waals surface area contributed by atoms with Crippen molar-refractivity contribution < 1.29 is 24.2 Å². The second kappa shape index (κ2) is 10.2. The second-order valence-corrected chi connectivity index (χ2v) is 8.22. The van der Waals surface area contributed by atoms with Crippen LogP contribution in [0, 0.1) is 5.21 Å². The average Bonchev–Trinajstić information content (AvgIpc) is 2.92. The molecule has 0 saturated carbocycles. The van der Waals surface area contributed by atoms with Gasteiger partial charge in [0.25, 0.3) is 11.7 Å². The number of carbonyl (C=O) groups excluding carboxylic acids is 1. The fourth-order valence-electron chi connectivity index (χ4n) is 4.24. The molecule has 0 saturated heterocycles. The molecule has 2 N–H and O–H groups in total. The molecule has 34 heavy (non-hydrogen) atoms. The molecule has 1 unspecified atom stereocenters. The molecular weight excluding hydrogens is 434 g/mol. The number of carboxylic acids is 1. The van der Waals surface area contributed by atoms with Gasteiger partial charge in [-0.1, -0.05) is 30.3 Å². The van der Waals surface area contributed by atoms with E-state index in [0.717, 1.165) is 28.7 Å². The van der Waals surface area contributed by atoms with E-state index in [2.05, 4.69) is 5.32 Å². The zero-order valence-corrected chi connectivity index (χ0v) is 18.9. The van der Waals surface area contributed by atoms with Crippen molar-refractivity contribution in [1.82, 2.24) is 0 Å². The normalized spacial score (nSPS) is 14.7. The minimum absolute atomic E-state index is 0.108. The number of hydrogen-bond donors (Lipinski definition) is 2. The summed E-state index contributed by atoms with van der Waals surface area (Å²) < 4.78 is 6.71. The Balaban J connectivity index is 1.44. The molecule has 8 heteroatoms. The van der Waals surface area contributed by atoms with Crippen LogP contribution in [0.25, 0.3) is 0 Å². The van der Waals surface area contributed by atoms with Crippen LogP contribution in [-0.2, 0) is 4.79 Å². The van der Waals surface area contributed by atoms with E-state index in [-0.39, 0.29) is 12.3 Å². The van der Waals surface area contributed by atoms with Crippen LogP contribution in [0.3, 0.4) is 0 Å². The number of benzene rings is 2. The first-order chi connectivity index (χ1) is 16.5. The van der Waals surface area contributed by atoms with Gasteiger partial charge >= 0.3 is 5.97 Å². The van der Waals surface area contributed by atoms with Crippen LogP contribution >= 0.6 is 0 Å². The number of ether oxygens (including phenoxy) is 1. The fourth-order valence-corrected chi connectivity index (χ4v) is 4.24. The minimum atomic E-state index is -0.922. The van der Waals surface area contributed by atoms with Gasteiger partial charge in [0.15, 0.2) is 0 Å². The van der Waals surface area contributed by atoms with Gasteiger partial charge in [0.05, 0.1) is 31.5 Å². The van der Waals surface area contributed by atoms with Crippen LogP contribution in [0.2, 0.25) is 0 Å². The molecule has 176 valence electrons. The van der Waals surface area contributed by atoms with Crippen molar-refractivity contribution in [3.63, 3.8) is 0 Å². The summed E-state index contributed by atoms with van der Waals surface area (Å²) in [5.41, 5.74) is 2.67. The van der Waals surface area contributed by atoms with Crippen LogP contribution in [0.4, 0.5) is 11.5 Å². The number of carbonyl (C=O) groups is 2. The predicted molar refractivity (Wildman–Crippen MR) is 128 cm³/mol. The number of aliphatic carboxylic acids is 1. The lowest BCUT2D eigenvalue weighted by Gasteiger charge is -2.21. The van der Waals surface area contributed by atoms with Crippen molar-refractivity contribution in [2.45, 2.75) is 25.2 Å². The molecule has 0 bridgehead atoms. The standard InChI is InChI=1S/C26H27N3O5/c1-28-23-16-18(34-15-7-5-13-27-24-10-4-6-14-29(24)33)11-12-20(23)22(17-25(30)31)19-8-2-3-9-21(19)26(28)32/h2-4,6,8-12,14,16,22,27H,5,7,13,15,17H2,1H3,(H,30,31).